The zero-order valence-electron chi connectivity index (χ0n) is 6.36. The summed E-state index contributed by atoms with van der Waals surface area (Å²) < 4.78 is 17.7. The lowest BCUT2D eigenvalue weighted by Gasteiger charge is -2.02. The van der Waals surface area contributed by atoms with E-state index in [1.807, 2.05) is 0 Å². The van der Waals surface area contributed by atoms with E-state index in [0.29, 0.717) is 0 Å². The van der Waals surface area contributed by atoms with Gasteiger partial charge in [-0.1, -0.05) is 11.2 Å². The first kappa shape index (κ1) is 8.36. The lowest BCUT2D eigenvalue weighted by atomic mass is 10.3. The maximum atomic E-state index is 12.9. The van der Waals surface area contributed by atoms with E-state index in [2.05, 4.69) is 10.0 Å². The molecule has 0 heterocycles. The van der Waals surface area contributed by atoms with Crippen LogP contribution in [0.5, 0.6) is 5.75 Å². The number of benzene rings is 1. The fourth-order valence-corrected chi connectivity index (χ4v) is 0.802. The number of hydrogen-bond acceptors (Lipinski definition) is 2. The highest BCUT2D eigenvalue weighted by atomic mass is 19.1. The van der Waals surface area contributed by atoms with Crippen molar-refractivity contribution < 1.29 is 9.13 Å². The van der Waals surface area contributed by atoms with Crippen LogP contribution in [0.4, 0.5) is 10.1 Å². The van der Waals surface area contributed by atoms with Crippen LogP contribution in [0.15, 0.2) is 23.3 Å². The fourth-order valence-electron chi connectivity index (χ4n) is 0.802. The number of azide groups is 1. The monoisotopic (exact) mass is 167 g/mol. The van der Waals surface area contributed by atoms with Crippen LogP contribution in [0, 0.1) is 5.82 Å². The second-order valence-corrected chi connectivity index (χ2v) is 1.98. The predicted octanol–water partition coefficient (Wildman–Crippen LogP) is 2.78. The number of rotatable bonds is 2. The van der Waals surface area contributed by atoms with Crippen LogP contribution < -0.4 is 4.74 Å². The molecule has 0 unspecified atom stereocenters. The van der Waals surface area contributed by atoms with Crippen molar-refractivity contribution in [2.24, 2.45) is 5.11 Å². The average molecular weight is 167 g/mol. The zero-order valence-corrected chi connectivity index (χ0v) is 6.36. The first-order chi connectivity index (χ1) is 5.79. The summed E-state index contributed by atoms with van der Waals surface area (Å²) in [7, 11) is 1.38. The largest absolute Gasteiger partial charge is 0.496 e. The van der Waals surface area contributed by atoms with Gasteiger partial charge in [0.05, 0.1) is 7.11 Å². The minimum absolute atomic E-state index is 0.109. The van der Waals surface area contributed by atoms with Gasteiger partial charge in [0.25, 0.3) is 0 Å². The van der Waals surface area contributed by atoms with Crippen molar-refractivity contribution >= 4 is 5.69 Å². The van der Waals surface area contributed by atoms with E-state index in [1.54, 1.807) is 0 Å². The minimum Gasteiger partial charge on any atom is -0.496 e. The van der Waals surface area contributed by atoms with E-state index in [1.165, 1.54) is 25.3 Å². The van der Waals surface area contributed by atoms with E-state index in [0.717, 1.165) is 0 Å². The third-order valence-corrected chi connectivity index (χ3v) is 1.31. The van der Waals surface area contributed by atoms with Crippen LogP contribution in [-0.4, -0.2) is 7.11 Å². The smallest absolute Gasteiger partial charge is 0.136 e. The molecule has 0 fully saturated rings. The molecule has 0 aliphatic rings. The highest BCUT2D eigenvalue weighted by molar-refractivity contribution is 5.52. The van der Waals surface area contributed by atoms with Crippen molar-refractivity contribution in [1.82, 2.24) is 0 Å². The van der Waals surface area contributed by atoms with Gasteiger partial charge in [0, 0.05) is 4.91 Å². The standard InChI is InChI=1S/C7H6FN3O/c1-12-6-4-2-3-5(8)7(6)10-11-9/h2-4H,1H3. The summed E-state index contributed by atoms with van der Waals surface area (Å²) in [6.45, 7) is 0. The summed E-state index contributed by atoms with van der Waals surface area (Å²) in [6, 6.07) is 4.20. The predicted molar refractivity (Wildman–Crippen MR) is 41.8 cm³/mol. The van der Waals surface area contributed by atoms with Crippen LogP contribution in [0.25, 0.3) is 10.4 Å². The molecule has 0 spiro atoms. The van der Waals surface area contributed by atoms with Crippen molar-refractivity contribution in [2.45, 2.75) is 0 Å². The Morgan fingerprint density at radius 1 is 1.58 bits per heavy atom. The van der Waals surface area contributed by atoms with Gasteiger partial charge in [0.15, 0.2) is 0 Å². The summed E-state index contributed by atoms with van der Waals surface area (Å²) in [5.74, 6) is -0.361. The third-order valence-electron chi connectivity index (χ3n) is 1.31. The summed E-state index contributed by atoms with van der Waals surface area (Å²) >= 11 is 0. The average Bonchev–Trinajstić information content (AvgIpc) is 2.09. The number of hydrogen-bond donors (Lipinski definition) is 0. The van der Waals surface area contributed by atoms with Gasteiger partial charge in [-0.2, -0.15) is 0 Å². The van der Waals surface area contributed by atoms with Gasteiger partial charge in [-0.05, 0) is 17.7 Å². The van der Waals surface area contributed by atoms with Crippen molar-refractivity contribution in [2.75, 3.05) is 7.11 Å². The van der Waals surface area contributed by atoms with Gasteiger partial charge in [0.2, 0.25) is 0 Å². The molecule has 0 radical (unpaired) electrons. The highest BCUT2D eigenvalue weighted by Gasteiger charge is 2.05. The van der Waals surface area contributed by atoms with Gasteiger partial charge < -0.3 is 4.74 Å². The van der Waals surface area contributed by atoms with Crippen molar-refractivity contribution in [1.29, 1.82) is 0 Å². The van der Waals surface area contributed by atoms with Crippen molar-refractivity contribution in [3.63, 3.8) is 0 Å². The van der Waals surface area contributed by atoms with Crippen LogP contribution in [0.3, 0.4) is 0 Å². The SMILES string of the molecule is COc1cccc(F)c1N=[N+]=[N-]. The molecule has 0 N–H and O–H groups in total. The Bertz CT molecular complexity index is 333. The van der Waals surface area contributed by atoms with E-state index < -0.39 is 5.82 Å². The van der Waals surface area contributed by atoms with Gasteiger partial charge in [-0.15, -0.1) is 0 Å². The Labute approximate surface area is 68.2 Å². The van der Waals surface area contributed by atoms with Crippen LogP contribution in [0.2, 0.25) is 0 Å². The second kappa shape index (κ2) is 3.59. The summed E-state index contributed by atoms with van der Waals surface area (Å²) in [6.07, 6.45) is 0. The molecule has 0 amide bonds. The highest BCUT2D eigenvalue weighted by Crippen LogP contribution is 2.29. The van der Waals surface area contributed by atoms with E-state index >= 15 is 0 Å². The molecule has 12 heavy (non-hydrogen) atoms. The van der Waals surface area contributed by atoms with Gasteiger partial charge in [-0.25, -0.2) is 4.39 Å². The Morgan fingerprint density at radius 3 is 2.92 bits per heavy atom. The normalized spacial score (nSPS) is 8.83. The molecule has 1 aromatic rings. The molecule has 1 rings (SSSR count). The lowest BCUT2D eigenvalue weighted by molar-refractivity contribution is 0.413. The molecular weight excluding hydrogens is 161 g/mol. The van der Waals surface area contributed by atoms with E-state index in [9.17, 15) is 4.39 Å². The maximum Gasteiger partial charge on any atom is 0.136 e. The Kier molecular flexibility index (Phi) is 2.50. The first-order valence-corrected chi connectivity index (χ1v) is 3.17. The van der Waals surface area contributed by atoms with Crippen molar-refractivity contribution in [3.05, 3.63) is 34.5 Å². The summed E-state index contributed by atoms with van der Waals surface area (Å²) in [4.78, 5) is 2.48. The minimum atomic E-state index is -0.591. The van der Waals surface area contributed by atoms with E-state index in [-0.39, 0.29) is 11.4 Å². The van der Waals surface area contributed by atoms with Crippen molar-refractivity contribution in [3.8, 4) is 5.75 Å². The molecule has 0 saturated heterocycles. The molecule has 0 atom stereocenters. The molecule has 62 valence electrons. The Balaban J connectivity index is 3.28. The molecule has 0 bridgehead atoms. The molecule has 1 aromatic carbocycles. The van der Waals surface area contributed by atoms with Gasteiger partial charge in [0.1, 0.15) is 17.3 Å². The van der Waals surface area contributed by atoms with Gasteiger partial charge >= 0.3 is 0 Å². The van der Waals surface area contributed by atoms with Gasteiger partial charge in [-0.3, -0.25) is 0 Å². The first-order valence-electron chi connectivity index (χ1n) is 3.17. The number of methoxy groups -OCH3 is 1. The maximum absolute atomic E-state index is 12.9. The van der Waals surface area contributed by atoms with E-state index in [4.69, 9.17) is 10.3 Å². The Morgan fingerprint density at radius 2 is 2.33 bits per heavy atom. The molecule has 5 heteroatoms. The number of halogens is 1. The molecule has 0 saturated carbocycles. The second-order valence-electron chi connectivity index (χ2n) is 1.98. The molecule has 0 aromatic heterocycles. The summed E-state index contributed by atoms with van der Waals surface area (Å²) in [5.41, 5.74) is 7.99. The zero-order chi connectivity index (χ0) is 8.97. The van der Waals surface area contributed by atoms with Crippen LogP contribution in [0.1, 0.15) is 0 Å². The Hall–Kier alpha value is -1.74. The third kappa shape index (κ3) is 1.46. The topological polar surface area (TPSA) is 58.0 Å². The molecular formula is C7H6FN3O. The summed E-state index contributed by atoms with van der Waals surface area (Å²) in [5, 5.41) is 3.16. The quantitative estimate of drug-likeness (QED) is 0.379. The van der Waals surface area contributed by atoms with Crippen LogP contribution >= 0.6 is 0 Å². The number of ether oxygens (including phenoxy) is 1. The molecule has 4 nitrogen and oxygen atoms in total. The molecule has 0 aliphatic heterocycles. The van der Waals surface area contributed by atoms with Crippen LogP contribution in [-0.2, 0) is 0 Å². The molecule has 0 aliphatic carbocycles. The lowest BCUT2D eigenvalue weighted by Crippen LogP contribution is -1.84. The fraction of sp³-hybridized carbons (Fsp3) is 0.143. The number of nitrogens with zero attached hydrogens (tertiary/aromatic N) is 3.